The zero-order valence-corrected chi connectivity index (χ0v) is 11.5. The predicted octanol–water partition coefficient (Wildman–Crippen LogP) is 2.27. The lowest BCUT2D eigenvalue weighted by molar-refractivity contribution is 0.173. The van der Waals surface area contributed by atoms with E-state index in [-0.39, 0.29) is 6.10 Å². The average Bonchev–Trinajstić information content (AvgIpc) is 2.63. The number of likely N-dealkylation sites (N-methyl/N-ethyl adjacent to an activating group) is 1. The van der Waals surface area contributed by atoms with Crippen LogP contribution in [0.2, 0.25) is 0 Å². The summed E-state index contributed by atoms with van der Waals surface area (Å²) in [6, 6.07) is 8.38. The molecule has 1 aliphatic heterocycles. The van der Waals surface area contributed by atoms with Crippen LogP contribution < -0.4 is 4.90 Å². The molecule has 1 atom stereocenters. The molecule has 0 spiro atoms. The minimum Gasteiger partial charge on any atom is -0.388 e. The number of nitrogens with zero attached hydrogens (tertiary/aromatic N) is 2. The Balaban J connectivity index is 2.04. The van der Waals surface area contributed by atoms with Gasteiger partial charge in [-0.25, -0.2) is 0 Å². The summed E-state index contributed by atoms with van der Waals surface area (Å²) in [5, 5.41) is 9.79. The fourth-order valence-corrected chi connectivity index (χ4v) is 2.45. The van der Waals surface area contributed by atoms with E-state index in [1.807, 2.05) is 6.92 Å². The minimum absolute atomic E-state index is 0.325. The molecular weight excluding hydrogens is 224 g/mol. The van der Waals surface area contributed by atoms with Crippen LogP contribution in [0, 0.1) is 0 Å². The van der Waals surface area contributed by atoms with Crippen molar-refractivity contribution in [2.75, 3.05) is 38.1 Å². The second-order valence-electron chi connectivity index (χ2n) is 5.16. The van der Waals surface area contributed by atoms with Crippen molar-refractivity contribution >= 4 is 5.69 Å². The van der Waals surface area contributed by atoms with Gasteiger partial charge in [-0.2, -0.15) is 0 Å². The van der Waals surface area contributed by atoms with Crippen LogP contribution in [0.25, 0.3) is 0 Å². The van der Waals surface area contributed by atoms with Crippen molar-refractivity contribution in [1.82, 2.24) is 4.90 Å². The second kappa shape index (κ2) is 6.21. The number of anilines is 1. The normalized spacial score (nSPS) is 19.6. The molecule has 1 unspecified atom stereocenters. The van der Waals surface area contributed by atoms with E-state index in [1.54, 1.807) is 0 Å². The average molecular weight is 248 g/mol. The fourth-order valence-electron chi connectivity index (χ4n) is 2.45. The first-order chi connectivity index (χ1) is 8.70. The van der Waals surface area contributed by atoms with Crippen LogP contribution in [-0.2, 0) is 0 Å². The summed E-state index contributed by atoms with van der Waals surface area (Å²) in [5.74, 6) is 0. The van der Waals surface area contributed by atoms with Crippen molar-refractivity contribution in [3.05, 3.63) is 29.8 Å². The molecule has 1 aliphatic rings. The number of aliphatic hydroxyl groups is 1. The van der Waals surface area contributed by atoms with Gasteiger partial charge in [0.05, 0.1) is 6.10 Å². The molecule has 1 saturated heterocycles. The van der Waals surface area contributed by atoms with Gasteiger partial charge in [-0.3, -0.25) is 0 Å². The predicted molar refractivity (Wildman–Crippen MR) is 76.0 cm³/mol. The molecule has 1 heterocycles. The van der Waals surface area contributed by atoms with E-state index < -0.39 is 0 Å². The van der Waals surface area contributed by atoms with Gasteiger partial charge in [0.2, 0.25) is 0 Å². The van der Waals surface area contributed by atoms with E-state index in [0.717, 1.165) is 31.6 Å². The molecular formula is C15H24N2O. The Hall–Kier alpha value is -1.06. The van der Waals surface area contributed by atoms with Gasteiger partial charge in [0.25, 0.3) is 0 Å². The topological polar surface area (TPSA) is 26.7 Å². The van der Waals surface area contributed by atoms with E-state index in [4.69, 9.17) is 0 Å². The Morgan fingerprint density at radius 2 is 1.83 bits per heavy atom. The second-order valence-corrected chi connectivity index (χ2v) is 5.16. The largest absolute Gasteiger partial charge is 0.388 e. The molecule has 0 bridgehead atoms. The summed E-state index contributed by atoms with van der Waals surface area (Å²) in [5.41, 5.74) is 2.30. The fraction of sp³-hybridized carbons (Fsp3) is 0.600. The number of hydrogen-bond acceptors (Lipinski definition) is 3. The highest BCUT2D eigenvalue weighted by Gasteiger charge is 2.13. The summed E-state index contributed by atoms with van der Waals surface area (Å²) in [6.07, 6.45) is 1.67. The van der Waals surface area contributed by atoms with Crippen LogP contribution in [0.5, 0.6) is 0 Å². The van der Waals surface area contributed by atoms with E-state index in [9.17, 15) is 5.11 Å². The van der Waals surface area contributed by atoms with Gasteiger partial charge in [-0.1, -0.05) is 19.1 Å². The molecule has 100 valence electrons. The molecule has 2 rings (SSSR count). The van der Waals surface area contributed by atoms with Gasteiger partial charge in [0.1, 0.15) is 0 Å². The van der Waals surface area contributed by atoms with Crippen molar-refractivity contribution in [2.24, 2.45) is 0 Å². The molecule has 18 heavy (non-hydrogen) atoms. The third-order valence-corrected chi connectivity index (χ3v) is 3.75. The lowest BCUT2D eigenvalue weighted by Crippen LogP contribution is -2.28. The number of benzene rings is 1. The lowest BCUT2D eigenvalue weighted by Gasteiger charge is -2.23. The summed E-state index contributed by atoms with van der Waals surface area (Å²) in [7, 11) is 2.18. The standard InChI is InChI=1S/C15H24N2O/c1-3-15(18)13-5-7-14(8-6-13)17-10-4-9-16(2)11-12-17/h5-8,15,18H,3-4,9-12H2,1-2H3. The third kappa shape index (κ3) is 3.24. The first-order valence-corrected chi connectivity index (χ1v) is 6.92. The van der Waals surface area contributed by atoms with E-state index in [2.05, 4.69) is 41.1 Å². The molecule has 0 saturated carbocycles. The van der Waals surface area contributed by atoms with Crippen LogP contribution in [0.4, 0.5) is 5.69 Å². The van der Waals surface area contributed by atoms with Gasteiger partial charge >= 0.3 is 0 Å². The van der Waals surface area contributed by atoms with E-state index >= 15 is 0 Å². The molecule has 3 nitrogen and oxygen atoms in total. The number of hydrogen-bond donors (Lipinski definition) is 1. The highest BCUT2D eigenvalue weighted by molar-refractivity contribution is 5.48. The van der Waals surface area contributed by atoms with Gasteiger partial charge in [-0.15, -0.1) is 0 Å². The zero-order chi connectivity index (χ0) is 13.0. The molecule has 1 aromatic rings. The van der Waals surface area contributed by atoms with E-state index in [1.165, 1.54) is 18.7 Å². The first kappa shape index (κ1) is 13.4. The van der Waals surface area contributed by atoms with Crippen LogP contribution in [-0.4, -0.2) is 43.2 Å². The summed E-state index contributed by atoms with van der Waals surface area (Å²) >= 11 is 0. The van der Waals surface area contributed by atoms with Crippen molar-refractivity contribution < 1.29 is 5.11 Å². The first-order valence-electron chi connectivity index (χ1n) is 6.92. The maximum Gasteiger partial charge on any atom is 0.0787 e. The molecule has 1 aromatic carbocycles. The van der Waals surface area contributed by atoms with Crippen LogP contribution in [0.3, 0.4) is 0 Å². The highest BCUT2D eigenvalue weighted by Crippen LogP contribution is 2.21. The van der Waals surface area contributed by atoms with Crippen molar-refractivity contribution in [2.45, 2.75) is 25.9 Å². The Kier molecular flexibility index (Phi) is 4.61. The van der Waals surface area contributed by atoms with Crippen LogP contribution in [0.15, 0.2) is 24.3 Å². The monoisotopic (exact) mass is 248 g/mol. The SMILES string of the molecule is CCC(O)c1ccc(N2CCCN(C)CC2)cc1. The van der Waals surface area contributed by atoms with E-state index in [0.29, 0.717) is 0 Å². The van der Waals surface area contributed by atoms with Crippen LogP contribution in [0.1, 0.15) is 31.4 Å². The maximum atomic E-state index is 9.79. The zero-order valence-electron chi connectivity index (χ0n) is 11.5. The number of rotatable bonds is 3. The quantitative estimate of drug-likeness (QED) is 0.889. The van der Waals surface area contributed by atoms with Crippen molar-refractivity contribution in [3.63, 3.8) is 0 Å². The molecule has 0 radical (unpaired) electrons. The molecule has 1 N–H and O–H groups in total. The molecule has 0 amide bonds. The Morgan fingerprint density at radius 1 is 1.11 bits per heavy atom. The van der Waals surface area contributed by atoms with Gasteiger partial charge in [0, 0.05) is 25.3 Å². The highest BCUT2D eigenvalue weighted by atomic mass is 16.3. The van der Waals surface area contributed by atoms with Crippen molar-refractivity contribution in [3.8, 4) is 0 Å². The number of aliphatic hydroxyl groups excluding tert-OH is 1. The molecule has 0 aromatic heterocycles. The maximum absolute atomic E-state index is 9.79. The summed E-state index contributed by atoms with van der Waals surface area (Å²) in [6.45, 7) is 6.53. The van der Waals surface area contributed by atoms with Gasteiger partial charge in [-0.05, 0) is 44.1 Å². The van der Waals surface area contributed by atoms with Crippen LogP contribution >= 0.6 is 0 Å². The summed E-state index contributed by atoms with van der Waals surface area (Å²) in [4.78, 5) is 4.82. The Morgan fingerprint density at radius 3 is 2.50 bits per heavy atom. The molecule has 0 aliphatic carbocycles. The van der Waals surface area contributed by atoms with Crippen molar-refractivity contribution in [1.29, 1.82) is 0 Å². The van der Waals surface area contributed by atoms with Gasteiger partial charge in [0.15, 0.2) is 0 Å². The molecule has 3 heteroatoms. The Labute approximate surface area is 110 Å². The van der Waals surface area contributed by atoms with Gasteiger partial charge < -0.3 is 14.9 Å². The third-order valence-electron chi connectivity index (χ3n) is 3.75. The molecule has 1 fully saturated rings. The Bertz CT molecular complexity index is 363. The summed E-state index contributed by atoms with van der Waals surface area (Å²) < 4.78 is 0. The minimum atomic E-state index is -0.325. The smallest absolute Gasteiger partial charge is 0.0787 e. The lowest BCUT2D eigenvalue weighted by atomic mass is 10.1.